The van der Waals surface area contributed by atoms with E-state index in [4.69, 9.17) is 15.0 Å². The van der Waals surface area contributed by atoms with Gasteiger partial charge in [-0.15, -0.1) is 12.4 Å². The number of nitrogens with zero attached hydrogens (tertiary/aromatic N) is 2. The first kappa shape index (κ1) is 22.2. The topological polar surface area (TPSA) is 103 Å². The normalized spacial score (nSPS) is 18.9. The average Bonchev–Trinajstić information content (AvgIpc) is 3.17. The minimum Gasteiger partial charge on any atom is -0.497 e. The van der Waals surface area contributed by atoms with Gasteiger partial charge in [-0.25, -0.2) is 0 Å². The van der Waals surface area contributed by atoms with E-state index in [2.05, 4.69) is 15.5 Å². The molecule has 1 aromatic heterocycles. The van der Waals surface area contributed by atoms with Gasteiger partial charge in [-0.3, -0.25) is 4.79 Å². The van der Waals surface area contributed by atoms with Gasteiger partial charge >= 0.3 is 0 Å². The Labute approximate surface area is 171 Å². The molecule has 2 unspecified atom stereocenters. The number of methoxy groups -OCH3 is 1. The van der Waals surface area contributed by atoms with Crippen molar-refractivity contribution in [3.8, 4) is 17.1 Å². The lowest BCUT2D eigenvalue weighted by molar-refractivity contribution is -0.122. The van der Waals surface area contributed by atoms with Crippen molar-refractivity contribution in [2.75, 3.05) is 13.7 Å². The van der Waals surface area contributed by atoms with Gasteiger partial charge in [0.25, 0.3) is 0 Å². The molecule has 8 heteroatoms. The number of aryl methyl sites for hydroxylation is 1. The van der Waals surface area contributed by atoms with E-state index in [-0.39, 0.29) is 24.4 Å². The summed E-state index contributed by atoms with van der Waals surface area (Å²) >= 11 is 0. The van der Waals surface area contributed by atoms with Crippen LogP contribution in [0.2, 0.25) is 0 Å². The van der Waals surface area contributed by atoms with E-state index in [1.54, 1.807) is 7.11 Å². The van der Waals surface area contributed by atoms with E-state index in [1.807, 2.05) is 24.3 Å². The number of rotatable bonds is 8. The zero-order valence-electron chi connectivity index (χ0n) is 16.2. The van der Waals surface area contributed by atoms with E-state index in [1.165, 1.54) is 6.42 Å². The van der Waals surface area contributed by atoms with Crippen molar-refractivity contribution in [2.45, 2.75) is 51.0 Å². The summed E-state index contributed by atoms with van der Waals surface area (Å²) < 4.78 is 10.4. The zero-order chi connectivity index (χ0) is 19.1. The molecule has 1 heterocycles. The van der Waals surface area contributed by atoms with Crippen molar-refractivity contribution in [2.24, 2.45) is 11.7 Å². The van der Waals surface area contributed by atoms with Gasteiger partial charge in [0.2, 0.25) is 17.6 Å². The molecule has 0 saturated heterocycles. The van der Waals surface area contributed by atoms with Gasteiger partial charge in [0.05, 0.1) is 7.11 Å². The molecule has 3 rings (SSSR count). The number of hydrogen-bond acceptors (Lipinski definition) is 6. The summed E-state index contributed by atoms with van der Waals surface area (Å²) in [6.45, 7) is 0.640. The monoisotopic (exact) mass is 408 g/mol. The second kappa shape index (κ2) is 11.0. The standard InChI is InChI=1S/C20H28N4O3.ClH/c1-26-16-11-9-14(10-12-16)20-23-19(27-24-20)8-4-7-18(25)22-17-6-3-2-5-15(17)13-21;/h9-12,15,17H,2-8,13,21H2,1H3,(H,22,25);1H. The number of ether oxygens (including phenoxy) is 1. The molecule has 0 aliphatic heterocycles. The Morgan fingerprint density at radius 2 is 2.04 bits per heavy atom. The fourth-order valence-corrected chi connectivity index (χ4v) is 3.57. The van der Waals surface area contributed by atoms with Crippen LogP contribution in [0, 0.1) is 5.92 Å². The third-order valence-corrected chi connectivity index (χ3v) is 5.17. The molecule has 28 heavy (non-hydrogen) atoms. The number of carbonyl (C=O) groups is 1. The smallest absolute Gasteiger partial charge is 0.226 e. The number of amides is 1. The van der Waals surface area contributed by atoms with E-state index < -0.39 is 0 Å². The van der Waals surface area contributed by atoms with Crippen molar-refractivity contribution in [1.29, 1.82) is 0 Å². The zero-order valence-corrected chi connectivity index (χ0v) is 17.0. The van der Waals surface area contributed by atoms with Gasteiger partial charge in [-0.2, -0.15) is 4.98 Å². The van der Waals surface area contributed by atoms with E-state index >= 15 is 0 Å². The lowest BCUT2D eigenvalue weighted by Gasteiger charge is -2.31. The molecule has 1 aliphatic rings. The van der Waals surface area contributed by atoms with Gasteiger partial charge in [0, 0.05) is 24.4 Å². The minimum absolute atomic E-state index is 0. The predicted molar refractivity (Wildman–Crippen MR) is 109 cm³/mol. The molecular formula is C20H29ClN4O3. The van der Waals surface area contributed by atoms with E-state index in [9.17, 15) is 4.79 Å². The first-order valence-electron chi connectivity index (χ1n) is 9.66. The third kappa shape index (κ3) is 5.94. The molecule has 2 atom stereocenters. The molecule has 3 N–H and O–H groups in total. The fraction of sp³-hybridized carbons (Fsp3) is 0.550. The fourth-order valence-electron chi connectivity index (χ4n) is 3.57. The molecule has 7 nitrogen and oxygen atoms in total. The maximum Gasteiger partial charge on any atom is 0.226 e. The Morgan fingerprint density at radius 3 is 2.75 bits per heavy atom. The Hall–Kier alpha value is -2.12. The maximum absolute atomic E-state index is 12.2. The minimum atomic E-state index is 0. The summed E-state index contributed by atoms with van der Waals surface area (Å²) in [7, 11) is 1.63. The molecule has 0 radical (unpaired) electrons. The van der Waals surface area contributed by atoms with Gasteiger partial charge < -0.3 is 20.3 Å². The Morgan fingerprint density at radius 1 is 1.29 bits per heavy atom. The molecule has 1 aromatic carbocycles. The molecule has 1 fully saturated rings. The van der Waals surface area contributed by atoms with Crippen molar-refractivity contribution in [3.63, 3.8) is 0 Å². The number of nitrogens with one attached hydrogen (secondary N) is 1. The number of benzene rings is 1. The van der Waals surface area contributed by atoms with Crippen LogP contribution in [0.4, 0.5) is 0 Å². The summed E-state index contributed by atoms with van der Waals surface area (Å²) in [6.07, 6.45) is 6.23. The number of hydrogen-bond donors (Lipinski definition) is 2. The number of carbonyl (C=O) groups excluding carboxylic acids is 1. The lowest BCUT2D eigenvalue weighted by Crippen LogP contribution is -2.44. The number of halogens is 1. The Bertz CT molecular complexity index is 735. The maximum atomic E-state index is 12.2. The van der Waals surface area contributed by atoms with Crippen LogP contribution in [0.1, 0.15) is 44.4 Å². The van der Waals surface area contributed by atoms with Gasteiger partial charge in [0.1, 0.15) is 5.75 Å². The first-order valence-corrected chi connectivity index (χ1v) is 9.66. The van der Waals surface area contributed by atoms with Crippen LogP contribution in [-0.2, 0) is 11.2 Å². The van der Waals surface area contributed by atoms with Crippen LogP contribution < -0.4 is 15.8 Å². The summed E-state index contributed by atoms with van der Waals surface area (Å²) in [5, 5.41) is 7.16. The molecule has 1 aliphatic carbocycles. The second-order valence-electron chi connectivity index (χ2n) is 7.05. The molecule has 1 saturated carbocycles. The number of aromatic nitrogens is 2. The van der Waals surface area contributed by atoms with Crippen LogP contribution in [0.5, 0.6) is 5.75 Å². The summed E-state index contributed by atoms with van der Waals surface area (Å²) in [6, 6.07) is 7.71. The van der Waals surface area contributed by atoms with Gasteiger partial charge in [0.15, 0.2) is 0 Å². The molecule has 2 aromatic rings. The lowest BCUT2D eigenvalue weighted by atomic mass is 9.84. The number of nitrogens with two attached hydrogens (primary N) is 1. The molecule has 0 spiro atoms. The van der Waals surface area contributed by atoms with Crippen molar-refractivity contribution in [1.82, 2.24) is 15.5 Å². The summed E-state index contributed by atoms with van der Waals surface area (Å²) in [5.41, 5.74) is 6.70. The van der Waals surface area contributed by atoms with Crippen LogP contribution in [-0.4, -0.2) is 35.7 Å². The highest BCUT2D eigenvalue weighted by Gasteiger charge is 2.25. The highest BCUT2D eigenvalue weighted by Crippen LogP contribution is 2.24. The molecule has 154 valence electrons. The van der Waals surface area contributed by atoms with Crippen LogP contribution in [0.15, 0.2) is 28.8 Å². The Balaban J connectivity index is 0.00000280. The quantitative estimate of drug-likeness (QED) is 0.695. The summed E-state index contributed by atoms with van der Waals surface area (Å²) in [5.74, 6) is 2.36. The van der Waals surface area contributed by atoms with Crippen LogP contribution in [0.3, 0.4) is 0 Å². The largest absolute Gasteiger partial charge is 0.497 e. The molecule has 1 amide bonds. The van der Waals surface area contributed by atoms with Crippen molar-refractivity contribution < 1.29 is 14.1 Å². The highest BCUT2D eigenvalue weighted by molar-refractivity contribution is 5.85. The predicted octanol–water partition coefficient (Wildman–Crippen LogP) is 3.12. The van der Waals surface area contributed by atoms with Crippen LogP contribution >= 0.6 is 12.4 Å². The van der Waals surface area contributed by atoms with E-state index in [0.717, 1.165) is 30.6 Å². The second-order valence-corrected chi connectivity index (χ2v) is 7.05. The first-order chi connectivity index (χ1) is 13.2. The summed E-state index contributed by atoms with van der Waals surface area (Å²) in [4.78, 5) is 16.6. The third-order valence-electron chi connectivity index (χ3n) is 5.17. The van der Waals surface area contributed by atoms with Crippen LogP contribution in [0.25, 0.3) is 11.4 Å². The van der Waals surface area contributed by atoms with Crippen molar-refractivity contribution in [3.05, 3.63) is 30.2 Å². The SMILES string of the molecule is COc1ccc(-c2noc(CCCC(=O)NC3CCCCC3CN)n2)cc1.Cl. The van der Waals surface area contributed by atoms with E-state index in [0.29, 0.717) is 43.4 Å². The molecular weight excluding hydrogens is 380 g/mol. The average molecular weight is 409 g/mol. The highest BCUT2D eigenvalue weighted by atomic mass is 35.5. The van der Waals surface area contributed by atoms with Gasteiger partial charge in [-0.05, 0) is 56.0 Å². The molecule has 0 bridgehead atoms. The van der Waals surface area contributed by atoms with Crippen molar-refractivity contribution >= 4 is 18.3 Å². The van der Waals surface area contributed by atoms with Gasteiger partial charge in [-0.1, -0.05) is 18.0 Å². The Kier molecular flexibility index (Phi) is 8.73.